The molecular weight excluding hydrogens is 869 g/mol. The Bertz CT molecular complexity index is 1910. The summed E-state index contributed by atoms with van der Waals surface area (Å²) in [5.41, 5.74) is 14.4. The molecule has 21 heteroatoms. The van der Waals surface area contributed by atoms with Crippen LogP contribution in [0.5, 0.6) is 0 Å². The molecule has 0 amide bonds. The number of hydrogen-bond donors (Lipinski definition) is 7. The van der Waals surface area contributed by atoms with Crippen molar-refractivity contribution >= 4 is 81.8 Å². The number of nitrogens with two attached hydrogens (primary N) is 3. The van der Waals surface area contributed by atoms with Gasteiger partial charge in [-0.1, -0.05) is 0 Å². The number of carbonyl (C=O) groups excluding carboxylic acids is 2. The number of amidine groups is 3. The number of nitrogens with zero attached hydrogens (tertiary/aromatic N) is 2. The third kappa shape index (κ3) is 17.1. The molecule has 0 radical (unpaired) electrons. The minimum Gasteiger partial charge on any atom is -0.388 e. The zero-order valence-electron chi connectivity index (χ0n) is 32.7. The summed E-state index contributed by atoms with van der Waals surface area (Å²) in [4.78, 5) is 36.0. The van der Waals surface area contributed by atoms with Gasteiger partial charge >= 0.3 is 12.4 Å². The van der Waals surface area contributed by atoms with E-state index >= 15 is 0 Å². The maximum Gasteiger partial charge on any atom is 0.417 e. The van der Waals surface area contributed by atoms with Gasteiger partial charge in [-0.05, 0) is 103 Å². The lowest BCUT2D eigenvalue weighted by Crippen LogP contribution is -2.15. The fraction of sp³-hybridized carbons (Fsp3) is 0.436. The van der Waals surface area contributed by atoms with Crippen LogP contribution in [0.25, 0.3) is 0 Å². The number of benzene rings is 2. The number of nitrogens with one attached hydrogen (secondary N) is 4. The summed E-state index contributed by atoms with van der Waals surface area (Å²) in [6, 6.07) is 5.68. The molecule has 1 heterocycles. The molecule has 326 valence electrons. The molecule has 0 saturated carbocycles. The Kier molecular flexibility index (Phi) is 19.9. The van der Waals surface area contributed by atoms with Gasteiger partial charge in [-0.15, -0.1) is 47.0 Å². The summed E-state index contributed by atoms with van der Waals surface area (Å²) >= 11 is 4.36. The molecule has 0 saturated heterocycles. The number of halogens is 6. The van der Waals surface area contributed by atoms with E-state index in [1.807, 2.05) is 0 Å². The number of thioether (sulfide) groups is 4. The number of rotatable bonds is 26. The molecule has 0 atom stereocenters. The molecule has 0 aliphatic carbocycles. The number of aromatic nitrogens is 2. The fourth-order valence-corrected chi connectivity index (χ4v) is 9.76. The Hall–Kier alpha value is -4.08. The van der Waals surface area contributed by atoms with Crippen LogP contribution in [0.3, 0.4) is 0 Å². The summed E-state index contributed by atoms with van der Waals surface area (Å²) in [5, 5.41) is 30.0. The predicted molar refractivity (Wildman–Crippen MR) is 230 cm³/mol. The van der Waals surface area contributed by atoms with Gasteiger partial charge in [-0.3, -0.25) is 25.8 Å². The van der Waals surface area contributed by atoms with Gasteiger partial charge in [0.1, 0.15) is 17.7 Å². The second-order valence-electron chi connectivity index (χ2n) is 13.6. The first-order valence-electron chi connectivity index (χ1n) is 18.6. The van der Waals surface area contributed by atoms with Crippen LogP contribution >= 0.6 is 47.0 Å². The van der Waals surface area contributed by atoms with Crippen LogP contribution in [-0.4, -0.2) is 67.8 Å². The number of Topliss-reactive ketones (excluding diaryl/α,β-unsaturated/α-hetero) is 2. The average Bonchev–Trinajstić information content (AvgIpc) is 3.15. The number of hydrogen-bond acceptors (Lipinski definition) is 12. The van der Waals surface area contributed by atoms with Crippen LogP contribution in [0.15, 0.2) is 56.2 Å². The van der Waals surface area contributed by atoms with Gasteiger partial charge in [-0.2, -0.15) is 26.3 Å². The van der Waals surface area contributed by atoms with E-state index in [4.69, 9.17) is 38.8 Å². The van der Waals surface area contributed by atoms with Gasteiger partial charge in [0.05, 0.1) is 28.6 Å². The lowest BCUT2D eigenvalue weighted by atomic mass is 10.0. The first-order valence-corrected chi connectivity index (χ1v) is 22.5. The molecule has 60 heavy (non-hydrogen) atoms. The van der Waals surface area contributed by atoms with Gasteiger partial charge < -0.3 is 22.6 Å². The van der Waals surface area contributed by atoms with E-state index in [0.29, 0.717) is 64.9 Å². The summed E-state index contributed by atoms with van der Waals surface area (Å²) < 4.78 is 86.4. The van der Waals surface area contributed by atoms with Crippen LogP contribution in [-0.2, 0) is 25.2 Å². The molecule has 11 nitrogen and oxygen atoms in total. The van der Waals surface area contributed by atoms with Crippen molar-refractivity contribution < 1.29 is 35.9 Å². The van der Waals surface area contributed by atoms with E-state index in [1.54, 1.807) is 6.92 Å². The highest BCUT2D eigenvalue weighted by Crippen LogP contribution is 2.43. The third-order valence-electron chi connectivity index (χ3n) is 8.37. The highest BCUT2D eigenvalue weighted by Gasteiger charge is 2.36. The topological polar surface area (TPSA) is 233 Å². The van der Waals surface area contributed by atoms with Crippen molar-refractivity contribution in [2.75, 3.05) is 23.0 Å². The normalized spacial score (nSPS) is 11.7. The van der Waals surface area contributed by atoms with Crippen LogP contribution in [0.1, 0.15) is 102 Å². The Morgan fingerprint density at radius 2 is 0.883 bits per heavy atom. The summed E-state index contributed by atoms with van der Waals surface area (Å²) in [7, 11) is 0. The van der Waals surface area contributed by atoms with Gasteiger partial charge in [-0.25, -0.2) is 9.97 Å². The minimum atomic E-state index is -4.78. The predicted octanol–water partition coefficient (Wildman–Crippen LogP) is 9.70. The van der Waals surface area contributed by atoms with Crippen LogP contribution in [0, 0.1) is 21.6 Å². The molecular formula is C39H47F6N9O2S4. The van der Waals surface area contributed by atoms with Crippen molar-refractivity contribution in [3.05, 3.63) is 70.3 Å². The highest BCUT2D eigenvalue weighted by molar-refractivity contribution is 8.00. The largest absolute Gasteiger partial charge is 0.417 e. The van der Waals surface area contributed by atoms with Crippen molar-refractivity contribution in [1.29, 1.82) is 21.6 Å². The molecule has 0 unspecified atom stereocenters. The lowest BCUT2D eigenvalue weighted by Gasteiger charge is -2.18. The first-order chi connectivity index (χ1) is 28.1. The zero-order valence-corrected chi connectivity index (χ0v) is 36.0. The van der Waals surface area contributed by atoms with Crippen molar-refractivity contribution in [3.63, 3.8) is 0 Å². The van der Waals surface area contributed by atoms with Gasteiger partial charge in [0, 0.05) is 57.4 Å². The third-order valence-corrected chi connectivity index (χ3v) is 13.0. The van der Waals surface area contributed by atoms with Crippen molar-refractivity contribution in [2.24, 2.45) is 17.2 Å². The molecule has 10 N–H and O–H groups in total. The Balaban J connectivity index is 1.96. The van der Waals surface area contributed by atoms with E-state index in [-0.39, 0.29) is 74.8 Å². The Labute approximate surface area is 361 Å². The second kappa shape index (κ2) is 23.8. The maximum atomic E-state index is 14.4. The van der Waals surface area contributed by atoms with E-state index in [0.717, 1.165) is 48.1 Å². The standard InChI is InChI=1S/C39H47F6N9O2S4/c1-22(46)6-2-10-59-33-19-31(57-11-3-7-35(47)48)23(14-25(33)38(40,41)42)16-29(55)27-18-28(54-21-53-27)30(56)17-24-15-26(39(43,44)45)34(60-13-5-9-37(51)52)20-32(24)58-12-4-8-36(49)50/h14-15,18-21,46H,2-13,16-17H2,1H3,(H3,47,48)(H3,49,50)(H3,51,52). The molecule has 0 bridgehead atoms. The first kappa shape index (κ1) is 50.3. The SMILES string of the molecule is CC(=N)CCCSc1cc(SCCCC(=N)N)c(CC(=O)c2cc(C(=O)Cc3cc(C(F)(F)F)c(SCCCC(=N)N)cc3SCCCC(=N)N)ncn2)cc1C(F)(F)F. The van der Waals surface area contributed by atoms with Crippen molar-refractivity contribution in [3.8, 4) is 0 Å². The maximum absolute atomic E-state index is 14.4. The van der Waals surface area contributed by atoms with E-state index < -0.39 is 47.9 Å². The van der Waals surface area contributed by atoms with Crippen molar-refractivity contribution in [1.82, 2.24) is 9.97 Å². The summed E-state index contributed by atoms with van der Waals surface area (Å²) in [5.74, 6) is -0.282. The summed E-state index contributed by atoms with van der Waals surface area (Å²) in [6.45, 7) is 1.62. The Morgan fingerprint density at radius 3 is 1.20 bits per heavy atom. The highest BCUT2D eigenvalue weighted by atomic mass is 32.2. The number of alkyl halides is 6. The average molecular weight is 916 g/mol. The Morgan fingerprint density at radius 1 is 0.550 bits per heavy atom. The van der Waals surface area contributed by atoms with Crippen LogP contribution < -0.4 is 17.2 Å². The monoisotopic (exact) mass is 915 g/mol. The number of ketones is 2. The molecule has 3 rings (SSSR count). The lowest BCUT2D eigenvalue weighted by molar-refractivity contribution is -0.140. The molecule has 0 spiro atoms. The van der Waals surface area contributed by atoms with Crippen LogP contribution in [0.4, 0.5) is 26.3 Å². The smallest absolute Gasteiger partial charge is 0.388 e. The fourth-order valence-electron chi connectivity index (χ4n) is 5.48. The quantitative estimate of drug-likeness (QED) is 0.0100. The minimum absolute atomic E-state index is 0.0324. The molecule has 1 aromatic heterocycles. The van der Waals surface area contributed by atoms with Gasteiger partial charge in [0.15, 0.2) is 11.6 Å². The van der Waals surface area contributed by atoms with Crippen molar-refractivity contribution in [2.45, 2.75) is 103 Å². The molecule has 2 aromatic carbocycles. The number of carbonyl (C=O) groups is 2. The van der Waals surface area contributed by atoms with Gasteiger partial charge in [0.2, 0.25) is 0 Å². The molecule has 3 aromatic rings. The zero-order chi connectivity index (χ0) is 44.6. The van der Waals surface area contributed by atoms with E-state index in [1.165, 1.54) is 35.7 Å². The van der Waals surface area contributed by atoms with E-state index in [9.17, 15) is 35.9 Å². The second-order valence-corrected chi connectivity index (χ2v) is 18.1. The summed E-state index contributed by atoms with van der Waals surface area (Å²) in [6.07, 6.45) is -6.71. The van der Waals surface area contributed by atoms with E-state index in [2.05, 4.69) is 9.97 Å². The van der Waals surface area contributed by atoms with Gasteiger partial charge in [0.25, 0.3) is 0 Å². The van der Waals surface area contributed by atoms with Crippen LogP contribution in [0.2, 0.25) is 0 Å². The molecule has 0 fully saturated rings. The molecule has 0 aliphatic rings. The molecule has 0 aliphatic heterocycles.